The van der Waals surface area contributed by atoms with E-state index in [1.54, 1.807) is 17.6 Å². The number of rotatable bonds is 5. The number of amides is 2. The van der Waals surface area contributed by atoms with Gasteiger partial charge in [0.1, 0.15) is 5.76 Å². The minimum absolute atomic E-state index is 0.0281. The third kappa shape index (κ3) is 4.72. The molecule has 102 valence electrons. The topological polar surface area (TPSA) is 54.3 Å². The van der Waals surface area contributed by atoms with Gasteiger partial charge in [-0.2, -0.15) is 0 Å². The SMILES string of the molecule is CC(Cc1ccco1)NC(=O)NCc1csc(Br)c1. The highest BCUT2D eigenvalue weighted by molar-refractivity contribution is 9.11. The molecule has 1 unspecified atom stereocenters. The van der Waals surface area contributed by atoms with Crippen LogP contribution >= 0.6 is 27.3 Å². The zero-order chi connectivity index (χ0) is 13.7. The van der Waals surface area contributed by atoms with Crippen LogP contribution < -0.4 is 10.6 Å². The summed E-state index contributed by atoms with van der Waals surface area (Å²) < 4.78 is 6.31. The van der Waals surface area contributed by atoms with Crippen LogP contribution in [0.2, 0.25) is 0 Å². The molecule has 0 aliphatic carbocycles. The lowest BCUT2D eigenvalue weighted by Gasteiger charge is -2.13. The summed E-state index contributed by atoms with van der Waals surface area (Å²) in [5.74, 6) is 0.870. The van der Waals surface area contributed by atoms with E-state index < -0.39 is 0 Å². The molecule has 0 aromatic carbocycles. The lowest BCUT2D eigenvalue weighted by molar-refractivity contribution is 0.237. The van der Waals surface area contributed by atoms with Crippen molar-refractivity contribution in [1.29, 1.82) is 0 Å². The fourth-order valence-corrected chi connectivity index (χ4v) is 2.89. The molecular weight excluding hydrogens is 328 g/mol. The van der Waals surface area contributed by atoms with Gasteiger partial charge in [0.25, 0.3) is 0 Å². The predicted octanol–water partition coefficient (Wildman–Crippen LogP) is 3.53. The van der Waals surface area contributed by atoms with Crippen molar-refractivity contribution in [3.8, 4) is 0 Å². The average Bonchev–Trinajstić information content (AvgIpc) is 2.98. The van der Waals surface area contributed by atoms with Gasteiger partial charge in [-0.25, -0.2) is 4.79 Å². The van der Waals surface area contributed by atoms with E-state index in [1.807, 2.05) is 30.5 Å². The standard InChI is InChI=1S/C13H15BrN2O2S/c1-9(5-11-3-2-4-18-11)16-13(17)15-7-10-6-12(14)19-8-10/h2-4,6,8-9H,5,7H2,1H3,(H2,15,16,17). The molecule has 0 bridgehead atoms. The molecule has 0 saturated heterocycles. The van der Waals surface area contributed by atoms with E-state index in [2.05, 4.69) is 26.6 Å². The average molecular weight is 343 g/mol. The lowest BCUT2D eigenvalue weighted by Crippen LogP contribution is -2.41. The molecule has 0 fully saturated rings. The van der Waals surface area contributed by atoms with Gasteiger partial charge in [-0.3, -0.25) is 0 Å². The first kappa shape index (κ1) is 14.1. The summed E-state index contributed by atoms with van der Waals surface area (Å²) in [5.41, 5.74) is 1.09. The van der Waals surface area contributed by atoms with Crippen LogP contribution in [-0.2, 0) is 13.0 Å². The molecule has 0 spiro atoms. The van der Waals surface area contributed by atoms with Crippen molar-refractivity contribution in [2.24, 2.45) is 0 Å². The van der Waals surface area contributed by atoms with E-state index in [4.69, 9.17) is 4.42 Å². The van der Waals surface area contributed by atoms with Crippen molar-refractivity contribution < 1.29 is 9.21 Å². The van der Waals surface area contributed by atoms with Gasteiger partial charge in [-0.1, -0.05) is 0 Å². The molecule has 0 aliphatic heterocycles. The lowest BCUT2D eigenvalue weighted by atomic mass is 10.2. The molecule has 0 saturated carbocycles. The van der Waals surface area contributed by atoms with Gasteiger partial charge >= 0.3 is 6.03 Å². The quantitative estimate of drug-likeness (QED) is 0.873. The highest BCUT2D eigenvalue weighted by Crippen LogP contribution is 2.20. The number of nitrogens with one attached hydrogen (secondary N) is 2. The molecule has 0 aliphatic rings. The molecule has 6 heteroatoms. The Kier molecular flexibility index (Phi) is 5.04. The van der Waals surface area contributed by atoms with Crippen LogP contribution in [0.4, 0.5) is 4.79 Å². The van der Waals surface area contributed by atoms with Crippen LogP contribution in [0.3, 0.4) is 0 Å². The summed E-state index contributed by atoms with van der Waals surface area (Å²) in [6, 6.07) is 5.61. The van der Waals surface area contributed by atoms with E-state index in [0.29, 0.717) is 13.0 Å². The minimum atomic E-state index is -0.165. The monoisotopic (exact) mass is 342 g/mol. The van der Waals surface area contributed by atoms with Crippen molar-refractivity contribution in [1.82, 2.24) is 10.6 Å². The number of thiophene rings is 1. The number of hydrogen-bond acceptors (Lipinski definition) is 3. The maximum atomic E-state index is 11.7. The Hall–Kier alpha value is -1.27. The van der Waals surface area contributed by atoms with Crippen molar-refractivity contribution in [3.05, 3.63) is 45.0 Å². The first-order valence-electron chi connectivity index (χ1n) is 5.93. The third-order valence-electron chi connectivity index (χ3n) is 2.54. The Bertz CT molecular complexity index is 524. The molecule has 4 nitrogen and oxygen atoms in total. The summed E-state index contributed by atoms with van der Waals surface area (Å²) >= 11 is 5.00. The van der Waals surface area contributed by atoms with Gasteiger partial charge in [-0.15, -0.1) is 11.3 Å². The second-order valence-electron chi connectivity index (χ2n) is 4.27. The first-order chi connectivity index (χ1) is 9.13. The van der Waals surface area contributed by atoms with E-state index in [9.17, 15) is 4.79 Å². The van der Waals surface area contributed by atoms with E-state index >= 15 is 0 Å². The number of carbonyl (C=O) groups excluding carboxylic acids is 1. The molecule has 2 aromatic rings. The maximum Gasteiger partial charge on any atom is 0.315 e. The summed E-state index contributed by atoms with van der Waals surface area (Å²) in [4.78, 5) is 11.7. The first-order valence-corrected chi connectivity index (χ1v) is 7.60. The van der Waals surface area contributed by atoms with Gasteiger partial charge in [-0.05, 0) is 52.0 Å². The number of furan rings is 1. The Morgan fingerprint density at radius 3 is 3.05 bits per heavy atom. The molecule has 2 amide bonds. The van der Waals surface area contributed by atoms with E-state index in [-0.39, 0.29) is 12.1 Å². The van der Waals surface area contributed by atoms with Gasteiger partial charge in [0, 0.05) is 19.0 Å². The Balaban J connectivity index is 1.71. The second-order valence-corrected chi connectivity index (χ2v) is 6.56. The summed E-state index contributed by atoms with van der Waals surface area (Å²) in [6.45, 7) is 2.48. The van der Waals surface area contributed by atoms with Crippen molar-refractivity contribution in [2.45, 2.75) is 25.9 Å². The van der Waals surface area contributed by atoms with Crippen LogP contribution in [-0.4, -0.2) is 12.1 Å². The van der Waals surface area contributed by atoms with Crippen molar-refractivity contribution in [3.63, 3.8) is 0 Å². The molecule has 1 atom stereocenters. The molecule has 2 rings (SSSR count). The molecule has 2 aromatic heterocycles. The Morgan fingerprint density at radius 2 is 2.42 bits per heavy atom. The number of hydrogen-bond donors (Lipinski definition) is 2. The maximum absolute atomic E-state index is 11.7. The van der Waals surface area contributed by atoms with E-state index in [1.165, 1.54) is 0 Å². The van der Waals surface area contributed by atoms with E-state index in [0.717, 1.165) is 15.1 Å². The number of halogens is 1. The van der Waals surface area contributed by atoms with Crippen LogP contribution in [0.25, 0.3) is 0 Å². The largest absolute Gasteiger partial charge is 0.469 e. The van der Waals surface area contributed by atoms with Gasteiger partial charge in [0.15, 0.2) is 0 Å². The summed E-state index contributed by atoms with van der Waals surface area (Å²) in [7, 11) is 0. The smallest absolute Gasteiger partial charge is 0.315 e. The predicted molar refractivity (Wildman–Crippen MR) is 79.3 cm³/mol. The normalized spacial score (nSPS) is 12.1. The summed E-state index contributed by atoms with van der Waals surface area (Å²) in [6.07, 6.45) is 2.32. The zero-order valence-corrected chi connectivity index (χ0v) is 12.9. The van der Waals surface area contributed by atoms with Crippen LogP contribution in [0.1, 0.15) is 18.2 Å². The van der Waals surface area contributed by atoms with Gasteiger partial charge in [0.2, 0.25) is 0 Å². The molecule has 0 radical (unpaired) electrons. The van der Waals surface area contributed by atoms with Crippen LogP contribution in [0.5, 0.6) is 0 Å². The van der Waals surface area contributed by atoms with Gasteiger partial charge in [0.05, 0.1) is 10.0 Å². The van der Waals surface area contributed by atoms with Crippen molar-refractivity contribution >= 4 is 33.3 Å². The third-order valence-corrected chi connectivity index (χ3v) is 4.09. The Morgan fingerprint density at radius 1 is 1.58 bits per heavy atom. The molecular formula is C13H15BrN2O2S. The van der Waals surface area contributed by atoms with Crippen LogP contribution in [0, 0.1) is 0 Å². The Labute approximate surface area is 124 Å². The highest BCUT2D eigenvalue weighted by atomic mass is 79.9. The zero-order valence-electron chi connectivity index (χ0n) is 10.5. The number of carbonyl (C=O) groups is 1. The minimum Gasteiger partial charge on any atom is -0.469 e. The molecule has 2 heterocycles. The number of urea groups is 1. The van der Waals surface area contributed by atoms with Crippen molar-refractivity contribution in [2.75, 3.05) is 0 Å². The highest BCUT2D eigenvalue weighted by Gasteiger charge is 2.09. The fourth-order valence-electron chi connectivity index (χ4n) is 1.68. The molecule has 19 heavy (non-hydrogen) atoms. The fraction of sp³-hybridized carbons (Fsp3) is 0.308. The summed E-state index contributed by atoms with van der Waals surface area (Å²) in [5, 5.41) is 7.72. The van der Waals surface area contributed by atoms with Gasteiger partial charge < -0.3 is 15.1 Å². The molecule has 2 N–H and O–H groups in total. The van der Waals surface area contributed by atoms with Crippen LogP contribution in [0.15, 0.2) is 38.0 Å². The second kappa shape index (κ2) is 6.77.